The summed E-state index contributed by atoms with van der Waals surface area (Å²) in [7, 11) is 0. The van der Waals surface area contributed by atoms with Crippen LogP contribution in [0.15, 0.2) is 24.5 Å². The monoisotopic (exact) mass is 305 g/mol. The first-order valence-corrected chi connectivity index (χ1v) is 8.12. The Morgan fingerprint density at radius 2 is 2.00 bits per heavy atom. The van der Waals surface area contributed by atoms with Gasteiger partial charge in [-0.15, -0.1) is 0 Å². The van der Waals surface area contributed by atoms with Crippen molar-refractivity contribution in [2.45, 2.75) is 52.4 Å². The number of nitrogens with zero attached hydrogens (tertiary/aromatic N) is 1. The lowest BCUT2D eigenvalue weighted by Crippen LogP contribution is -2.29. The lowest BCUT2D eigenvalue weighted by atomic mass is 9.99. The molecule has 0 saturated heterocycles. The van der Waals surface area contributed by atoms with Gasteiger partial charge in [-0.2, -0.15) is 0 Å². The number of rotatable bonds is 10. The van der Waals surface area contributed by atoms with E-state index in [1.54, 1.807) is 24.5 Å². The van der Waals surface area contributed by atoms with Gasteiger partial charge in [-0.05, 0) is 24.5 Å². The Bertz CT molecular complexity index is 448. The van der Waals surface area contributed by atoms with Gasteiger partial charge < -0.3 is 10.6 Å². The molecule has 2 amide bonds. The normalized spacial score (nSPS) is 11.7. The van der Waals surface area contributed by atoms with Crippen LogP contribution in [0.4, 0.5) is 5.69 Å². The largest absolute Gasteiger partial charge is 0.356 e. The highest BCUT2D eigenvalue weighted by atomic mass is 16.2. The molecule has 22 heavy (non-hydrogen) atoms. The molecule has 0 radical (unpaired) electrons. The molecule has 5 nitrogen and oxygen atoms in total. The molecular formula is C17H27N3O2. The molecule has 0 aromatic carbocycles. The average molecular weight is 305 g/mol. The number of aromatic nitrogens is 1. The van der Waals surface area contributed by atoms with E-state index in [1.165, 1.54) is 12.8 Å². The minimum atomic E-state index is -0.166. The Kier molecular flexibility index (Phi) is 8.88. The van der Waals surface area contributed by atoms with Crippen molar-refractivity contribution in [3.8, 4) is 0 Å². The number of carbonyl (C=O) groups excluding carboxylic acids is 2. The van der Waals surface area contributed by atoms with E-state index in [9.17, 15) is 9.59 Å². The van der Waals surface area contributed by atoms with Gasteiger partial charge in [0.05, 0.1) is 11.9 Å². The summed E-state index contributed by atoms with van der Waals surface area (Å²) in [5, 5.41) is 5.65. The third-order valence-electron chi connectivity index (χ3n) is 3.66. The number of pyridine rings is 1. The molecule has 0 fully saturated rings. The SMILES string of the molecule is CCCC[C@H](CC)CNC(=O)CCC(=O)Nc1cccnc1. The second kappa shape index (κ2) is 10.8. The molecule has 1 aromatic heterocycles. The summed E-state index contributed by atoms with van der Waals surface area (Å²) < 4.78 is 0. The smallest absolute Gasteiger partial charge is 0.224 e. The first kappa shape index (κ1) is 18.1. The second-order valence-corrected chi connectivity index (χ2v) is 5.51. The molecule has 0 aliphatic rings. The van der Waals surface area contributed by atoms with Crippen LogP contribution in [0, 0.1) is 5.92 Å². The lowest BCUT2D eigenvalue weighted by Gasteiger charge is -2.15. The van der Waals surface area contributed by atoms with Crippen LogP contribution >= 0.6 is 0 Å². The summed E-state index contributed by atoms with van der Waals surface area (Å²) >= 11 is 0. The third kappa shape index (κ3) is 7.76. The minimum Gasteiger partial charge on any atom is -0.356 e. The Labute approximate surface area is 132 Å². The Balaban J connectivity index is 2.20. The number of nitrogens with one attached hydrogen (secondary N) is 2. The fourth-order valence-electron chi connectivity index (χ4n) is 2.18. The van der Waals surface area contributed by atoms with Crippen LogP contribution < -0.4 is 10.6 Å². The zero-order valence-corrected chi connectivity index (χ0v) is 13.6. The molecule has 1 aromatic rings. The van der Waals surface area contributed by atoms with Gasteiger partial charge in [0, 0.05) is 25.6 Å². The highest BCUT2D eigenvalue weighted by Crippen LogP contribution is 2.11. The van der Waals surface area contributed by atoms with Crippen molar-refractivity contribution in [2.75, 3.05) is 11.9 Å². The van der Waals surface area contributed by atoms with Gasteiger partial charge >= 0.3 is 0 Å². The predicted octanol–water partition coefficient (Wildman–Crippen LogP) is 3.13. The molecule has 5 heteroatoms. The van der Waals surface area contributed by atoms with Crippen LogP contribution in [0.3, 0.4) is 0 Å². The molecule has 0 bridgehead atoms. The van der Waals surface area contributed by atoms with Crippen molar-refractivity contribution in [3.05, 3.63) is 24.5 Å². The summed E-state index contributed by atoms with van der Waals surface area (Å²) in [6.45, 7) is 5.03. The van der Waals surface area contributed by atoms with E-state index in [0.29, 0.717) is 18.2 Å². The van der Waals surface area contributed by atoms with Gasteiger partial charge in [-0.25, -0.2) is 0 Å². The molecule has 0 saturated carbocycles. The van der Waals surface area contributed by atoms with Crippen LogP contribution in [0.1, 0.15) is 52.4 Å². The number of anilines is 1. The molecule has 122 valence electrons. The van der Waals surface area contributed by atoms with Gasteiger partial charge in [-0.1, -0.05) is 33.1 Å². The fraction of sp³-hybridized carbons (Fsp3) is 0.588. The fourth-order valence-corrected chi connectivity index (χ4v) is 2.18. The van der Waals surface area contributed by atoms with Crippen LogP contribution in [-0.2, 0) is 9.59 Å². The van der Waals surface area contributed by atoms with Crippen LogP contribution in [0.5, 0.6) is 0 Å². The van der Waals surface area contributed by atoms with Crippen molar-refractivity contribution in [2.24, 2.45) is 5.92 Å². The van der Waals surface area contributed by atoms with Crippen molar-refractivity contribution in [1.29, 1.82) is 0 Å². The first-order valence-electron chi connectivity index (χ1n) is 8.12. The van der Waals surface area contributed by atoms with Crippen molar-refractivity contribution < 1.29 is 9.59 Å². The summed E-state index contributed by atoms with van der Waals surface area (Å²) in [5.41, 5.74) is 0.651. The Morgan fingerprint density at radius 1 is 1.23 bits per heavy atom. The van der Waals surface area contributed by atoms with Crippen LogP contribution in [-0.4, -0.2) is 23.3 Å². The molecule has 0 unspecified atom stereocenters. The predicted molar refractivity (Wildman–Crippen MR) is 88.4 cm³/mol. The van der Waals surface area contributed by atoms with Gasteiger partial charge in [0.25, 0.3) is 0 Å². The summed E-state index contributed by atoms with van der Waals surface area (Å²) in [6, 6.07) is 3.52. The van der Waals surface area contributed by atoms with E-state index >= 15 is 0 Å². The number of unbranched alkanes of at least 4 members (excludes halogenated alkanes) is 1. The standard InChI is InChI=1S/C17H27N3O2/c1-3-5-7-14(4-2)12-19-16(21)9-10-17(22)20-15-8-6-11-18-13-15/h6,8,11,13-14H,3-5,7,9-10,12H2,1-2H3,(H,19,21)(H,20,22)/t14-/m0/s1. The zero-order chi connectivity index (χ0) is 16.2. The lowest BCUT2D eigenvalue weighted by molar-refractivity contribution is -0.124. The minimum absolute atomic E-state index is 0.0590. The van der Waals surface area contributed by atoms with E-state index in [0.717, 1.165) is 12.8 Å². The number of hydrogen-bond acceptors (Lipinski definition) is 3. The number of carbonyl (C=O) groups is 2. The Morgan fingerprint density at radius 3 is 2.64 bits per heavy atom. The van der Waals surface area contributed by atoms with Crippen molar-refractivity contribution in [3.63, 3.8) is 0 Å². The summed E-state index contributed by atoms with van der Waals surface area (Å²) in [6.07, 6.45) is 8.23. The van der Waals surface area contributed by atoms with E-state index in [-0.39, 0.29) is 24.7 Å². The maximum atomic E-state index is 11.8. The van der Waals surface area contributed by atoms with Gasteiger partial charge in [0.1, 0.15) is 0 Å². The Hall–Kier alpha value is -1.91. The topological polar surface area (TPSA) is 71.1 Å². The van der Waals surface area contributed by atoms with Crippen molar-refractivity contribution in [1.82, 2.24) is 10.3 Å². The molecular weight excluding hydrogens is 278 g/mol. The molecule has 1 rings (SSSR count). The molecule has 0 spiro atoms. The van der Waals surface area contributed by atoms with E-state index in [4.69, 9.17) is 0 Å². The van der Waals surface area contributed by atoms with Crippen LogP contribution in [0.2, 0.25) is 0 Å². The third-order valence-corrected chi connectivity index (χ3v) is 3.66. The quantitative estimate of drug-likeness (QED) is 0.697. The number of hydrogen-bond donors (Lipinski definition) is 2. The molecule has 1 heterocycles. The summed E-state index contributed by atoms with van der Waals surface area (Å²) in [5.74, 6) is 0.311. The van der Waals surface area contributed by atoms with E-state index < -0.39 is 0 Å². The second-order valence-electron chi connectivity index (χ2n) is 5.51. The van der Waals surface area contributed by atoms with Gasteiger partial charge in [0.15, 0.2) is 0 Å². The van der Waals surface area contributed by atoms with E-state index in [1.807, 2.05) is 0 Å². The number of amides is 2. The van der Waals surface area contributed by atoms with E-state index in [2.05, 4.69) is 29.5 Å². The summed E-state index contributed by atoms with van der Waals surface area (Å²) in [4.78, 5) is 27.4. The molecule has 0 aliphatic heterocycles. The highest BCUT2D eigenvalue weighted by molar-refractivity contribution is 5.93. The first-order chi connectivity index (χ1) is 10.7. The van der Waals surface area contributed by atoms with Gasteiger partial charge in [-0.3, -0.25) is 14.6 Å². The molecule has 1 atom stereocenters. The maximum absolute atomic E-state index is 11.8. The molecule has 0 aliphatic carbocycles. The highest BCUT2D eigenvalue weighted by Gasteiger charge is 2.10. The van der Waals surface area contributed by atoms with Crippen molar-refractivity contribution >= 4 is 17.5 Å². The van der Waals surface area contributed by atoms with Crippen LogP contribution in [0.25, 0.3) is 0 Å². The average Bonchev–Trinajstić information content (AvgIpc) is 2.54. The maximum Gasteiger partial charge on any atom is 0.224 e. The van der Waals surface area contributed by atoms with Gasteiger partial charge in [0.2, 0.25) is 11.8 Å². The zero-order valence-electron chi connectivity index (χ0n) is 13.6. The molecule has 2 N–H and O–H groups in total.